The van der Waals surface area contributed by atoms with Gasteiger partial charge in [0.1, 0.15) is 11.6 Å². The fraction of sp³-hybridized carbons (Fsp3) is 0.350. The molecule has 2 nitrogen and oxygen atoms in total. The number of carbonyl (C=O) groups excluding carboxylic acids is 1. The van der Waals surface area contributed by atoms with Crippen LogP contribution in [0, 0.1) is 24.1 Å². The van der Waals surface area contributed by atoms with E-state index in [1.54, 1.807) is 32.0 Å². The average molecular weight is 312 g/mol. The molecule has 0 heterocycles. The first-order valence-corrected chi connectivity index (χ1v) is 7.60. The molecule has 0 spiro atoms. The fourth-order valence-electron chi connectivity index (χ4n) is 2.44. The number of terminal acetylenes is 1. The molecule has 0 fully saturated rings. The maximum Gasteiger partial charge on any atom is 0.313 e. The summed E-state index contributed by atoms with van der Waals surface area (Å²) in [5, 5.41) is 1.46. The summed E-state index contributed by atoms with van der Waals surface area (Å²) in [6, 6.07) is 6.51. The van der Waals surface area contributed by atoms with Crippen LogP contribution < -0.4 is 4.74 Å². The predicted octanol–water partition coefficient (Wildman–Crippen LogP) is 4.82. The maximum absolute atomic E-state index is 14.1. The Morgan fingerprint density at radius 2 is 1.91 bits per heavy atom. The van der Waals surface area contributed by atoms with Crippen LogP contribution in [0.3, 0.4) is 0 Å². The van der Waals surface area contributed by atoms with Gasteiger partial charge in [-0.1, -0.05) is 46.6 Å². The maximum atomic E-state index is 14.1. The molecular formula is C20H21FO2. The molecule has 0 N–H and O–H groups in total. The van der Waals surface area contributed by atoms with Crippen molar-refractivity contribution in [2.45, 2.75) is 40.0 Å². The lowest BCUT2D eigenvalue weighted by Crippen LogP contribution is -2.17. The van der Waals surface area contributed by atoms with E-state index < -0.39 is 5.82 Å². The largest absolute Gasteiger partial charge is 0.426 e. The van der Waals surface area contributed by atoms with Crippen LogP contribution in [0.2, 0.25) is 0 Å². The molecule has 23 heavy (non-hydrogen) atoms. The molecule has 0 aliphatic heterocycles. The molecule has 0 atom stereocenters. The van der Waals surface area contributed by atoms with E-state index in [4.69, 9.17) is 11.2 Å². The minimum absolute atomic E-state index is 0.224. The second kappa shape index (κ2) is 6.04. The Kier molecular flexibility index (Phi) is 4.47. The van der Waals surface area contributed by atoms with Crippen molar-refractivity contribution in [3.05, 3.63) is 41.2 Å². The summed E-state index contributed by atoms with van der Waals surface area (Å²) < 4.78 is 19.5. The van der Waals surface area contributed by atoms with Crippen LogP contribution in [0.15, 0.2) is 24.3 Å². The van der Waals surface area contributed by atoms with Crippen LogP contribution in [0.5, 0.6) is 5.75 Å². The van der Waals surface area contributed by atoms with Crippen molar-refractivity contribution in [3.63, 3.8) is 0 Å². The number of hydrogen-bond donors (Lipinski definition) is 0. The number of esters is 1. The topological polar surface area (TPSA) is 26.3 Å². The summed E-state index contributed by atoms with van der Waals surface area (Å²) >= 11 is 0. The Morgan fingerprint density at radius 3 is 2.43 bits per heavy atom. The number of fused-ring (bicyclic) bond motifs is 1. The van der Waals surface area contributed by atoms with E-state index in [-0.39, 0.29) is 22.9 Å². The van der Waals surface area contributed by atoms with Crippen LogP contribution in [-0.2, 0) is 10.2 Å². The fourth-order valence-corrected chi connectivity index (χ4v) is 2.44. The first-order valence-electron chi connectivity index (χ1n) is 7.60. The van der Waals surface area contributed by atoms with Gasteiger partial charge in [0.15, 0.2) is 0 Å². The Bertz CT molecular complexity index is 805. The molecule has 0 unspecified atom stereocenters. The van der Waals surface area contributed by atoms with E-state index >= 15 is 0 Å². The zero-order valence-electron chi connectivity index (χ0n) is 14.2. The highest BCUT2D eigenvalue weighted by Gasteiger charge is 2.22. The van der Waals surface area contributed by atoms with Gasteiger partial charge in [-0.05, 0) is 34.6 Å². The van der Waals surface area contributed by atoms with E-state index in [0.29, 0.717) is 11.1 Å². The third kappa shape index (κ3) is 3.37. The van der Waals surface area contributed by atoms with Gasteiger partial charge < -0.3 is 4.74 Å². The zero-order valence-corrected chi connectivity index (χ0v) is 14.2. The van der Waals surface area contributed by atoms with Crippen LogP contribution in [0.25, 0.3) is 10.8 Å². The summed E-state index contributed by atoms with van der Waals surface area (Å²) in [6.07, 6.45) is 5.51. The predicted molar refractivity (Wildman–Crippen MR) is 91.0 cm³/mol. The van der Waals surface area contributed by atoms with Crippen molar-refractivity contribution in [2.24, 2.45) is 5.92 Å². The van der Waals surface area contributed by atoms with Crippen LogP contribution in [0.4, 0.5) is 4.39 Å². The molecule has 3 heteroatoms. The zero-order chi connectivity index (χ0) is 17.4. The number of rotatable bonds is 2. The quantitative estimate of drug-likeness (QED) is 0.451. The van der Waals surface area contributed by atoms with Crippen molar-refractivity contribution in [1.29, 1.82) is 0 Å². The first kappa shape index (κ1) is 17.0. The van der Waals surface area contributed by atoms with E-state index in [1.165, 1.54) is 6.07 Å². The molecule has 0 amide bonds. The average Bonchev–Trinajstić information content (AvgIpc) is 2.45. The highest BCUT2D eigenvalue weighted by molar-refractivity contribution is 5.93. The normalized spacial score (nSPS) is 11.6. The molecule has 120 valence electrons. The molecule has 0 aliphatic rings. The second-order valence-electron chi connectivity index (χ2n) is 6.96. The molecule has 0 bridgehead atoms. The minimum Gasteiger partial charge on any atom is -0.426 e. The molecule has 2 aromatic carbocycles. The monoisotopic (exact) mass is 312 g/mol. The molecule has 2 rings (SSSR count). The minimum atomic E-state index is -0.419. The van der Waals surface area contributed by atoms with Crippen LogP contribution >= 0.6 is 0 Å². The van der Waals surface area contributed by atoms with Gasteiger partial charge in [0.05, 0.1) is 11.5 Å². The van der Waals surface area contributed by atoms with Gasteiger partial charge in [-0.15, -0.1) is 6.42 Å². The van der Waals surface area contributed by atoms with Crippen molar-refractivity contribution < 1.29 is 13.9 Å². The van der Waals surface area contributed by atoms with Gasteiger partial charge in [0.2, 0.25) is 0 Å². The van der Waals surface area contributed by atoms with Gasteiger partial charge in [0.25, 0.3) is 0 Å². The highest BCUT2D eigenvalue weighted by atomic mass is 19.1. The van der Waals surface area contributed by atoms with E-state index in [0.717, 1.165) is 10.9 Å². The molecule has 0 radical (unpaired) electrons. The smallest absolute Gasteiger partial charge is 0.313 e. The number of ether oxygens (including phenoxy) is 1. The molecular weight excluding hydrogens is 291 g/mol. The van der Waals surface area contributed by atoms with Crippen LogP contribution in [-0.4, -0.2) is 5.97 Å². The number of halogens is 1. The van der Waals surface area contributed by atoms with Gasteiger partial charge in [-0.2, -0.15) is 0 Å². The first-order chi connectivity index (χ1) is 10.6. The summed E-state index contributed by atoms with van der Waals surface area (Å²) in [7, 11) is 0. The van der Waals surface area contributed by atoms with Gasteiger partial charge in [-0.25, -0.2) is 4.39 Å². The Hall–Kier alpha value is -2.34. The lowest BCUT2D eigenvalue weighted by Gasteiger charge is -2.23. The van der Waals surface area contributed by atoms with E-state index in [1.807, 2.05) is 20.8 Å². The third-order valence-corrected chi connectivity index (χ3v) is 3.68. The second-order valence-corrected chi connectivity index (χ2v) is 6.96. The standard InChI is InChI=1S/C20H21FO2/c1-7-15-17(21)9-8-13-10-14(23-19(22)12(2)3)11-16(18(13)15)20(4,5)6/h1,8-12H,2-6H3. The third-order valence-electron chi connectivity index (χ3n) is 3.68. The van der Waals surface area contributed by atoms with Crippen molar-refractivity contribution in [2.75, 3.05) is 0 Å². The van der Waals surface area contributed by atoms with E-state index in [2.05, 4.69) is 5.92 Å². The van der Waals surface area contributed by atoms with Gasteiger partial charge in [0, 0.05) is 5.39 Å². The number of hydrogen-bond acceptors (Lipinski definition) is 2. The molecule has 2 aromatic rings. The summed E-state index contributed by atoms with van der Waals surface area (Å²) in [4.78, 5) is 11.9. The van der Waals surface area contributed by atoms with Gasteiger partial charge in [-0.3, -0.25) is 4.79 Å². The molecule has 0 saturated carbocycles. The van der Waals surface area contributed by atoms with E-state index in [9.17, 15) is 9.18 Å². The number of carbonyl (C=O) groups is 1. The molecule has 0 aliphatic carbocycles. The Labute approximate surface area is 136 Å². The summed E-state index contributed by atoms with van der Waals surface area (Å²) in [6.45, 7) is 9.60. The Balaban J connectivity index is 2.76. The van der Waals surface area contributed by atoms with Crippen molar-refractivity contribution in [1.82, 2.24) is 0 Å². The van der Waals surface area contributed by atoms with Crippen molar-refractivity contribution >= 4 is 16.7 Å². The summed E-state index contributed by atoms with van der Waals surface area (Å²) in [5.41, 5.74) is 0.820. The van der Waals surface area contributed by atoms with Crippen molar-refractivity contribution in [3.8, 4) is 18.1 Å². The van der Waals surface area contributed by atoms with Gasteiger partial charge >= 0.3 is 5.97 Å². The molecule has 0 saturated heterocycles. The lowest BCUT2D eigenvalue weighted by atomic mass is 9.82. The molecule has 0 aromatic heterocycles. The number of benzene rings is 2. The SMILES string of the molecule is C#Cc1c(F)ccc2cc(OC(=O)C(C)C)cc(C(C)(C)C)c12. The lowest BCUT2D eigenvalue weighted by molar-refractivity contribution is -0.137. The Morgan fingerprint density at radius 1 is 1.26 bits per heavy atom. The summed E-state index contributed by atoms with van der Waals surface area (Å²) in [5.74, 6) is 1.96. The van der Waals surface area contributed by atoms with Crippen LogP contribution in [0.1, 0.15) is 45.7 Å². The highest BCUT2D eigenvalue weighted by Crippen LogP contribution is 2.36.